The highest BCUT2D eigenvalue weighted by Crippen LogP contribution is 2.37. The summed E-state index contributed by atoms with van der Waals surface area (Å²) in [6, 6.07) is 10.4. The van der Waals surface area contributed by atoms with Crippen molar-refractivity contribution in [1.82, 2.24) is 14.5 Å². The number of hydrogen-bond donors (Lipinski definition) is 0. The second-order valence-corrected chi connectivity index (χ2v) is 8.03. The number of hydrogen-bond acceptors (Lipinski definition) is 6. The molecule has 1 aromatic carbocycles. The highest BCUT2D eigenvalue weighted by Gasteiger charge is 2.34. The molecule has 2 aliphatic heterocycles. The summed E-state index contributed by atoms with van der Waals surface area (Å²) in [5, 5.41) is 10.1. The van der Waals surface area contributed by atoms with E-state index in [9.17, 15) is 18.8 Å². The van der Waals surface area contributed by atoms with Crippen molar-refractivity contribution in [2.24, 2.45) is 0 Å². The highest BCUT2D eigenvalue weighted by atomic mass is 19.3. The monoisotopic (exact) mass is 437 g/mol. The number of nitriles is 1. The molecule has 7 nitrogen and oxygen atoms in total. The van der Waals surface area contributed by atoms with Crippen LogP contribution in [0.15, 0.2) is 35.1 Å². The van der Waals surface area contributed by atoms with E-state index in [0.29, 0.717) is 60.7 Å². The number of anilines is 1. The van der Waals surface area contributed by atoms with Gasteiger partial charge >= 0.3 is 0 Å². The summed E-state index contributed by atoms with van der Waals surface area (Å²) in [6.07, 6.45) is -0.646. The topological polar surface area (TPSA) is 84.0 Å². The molecule has 3 aromatic rings. The fourth-order valence-electron chi connectivity index (χ4n) is 4.62. The van der Waals surface area contributed by atoms with Crippen molar-refractivity contribution < 1.29 is 13.5 Å². The third-order valence-electron chi connectivity index (χ3n) is 6.07. The molecule has 32 heavy (non-hydrogen) atoms. The molecule has 9 heteroatoms. The van der Waals surface area contributed by atoms with Gasteiger partial charge in [-0.05, 0) is 31.0 Å². The van der Waals surface area contributed by atoms with Gasteiger partial charge in [0, 0.05) is 18.5 Å². The molecule has 1 saturated heterocycles. The lowest BCUT2D eigenvalue weighted by molar-refractivity contribution is 0.109. The van der Waals surface area contributed by atoms with Crippen LogP contribution in [0.3, 0.4) is 0 Å². The normalized spacial score (nSPS) is 18.2. The minimum absolute atomic E-state index is 0.290. The Morgan fingerprint density at radius 2 is 2.12 bits per heavy atom. The van der Waals surface area contributed by atoms with Gasteiger partial charge < -0.3 is 9.64 Å². The average Bonchev–Trinajstić information content (AvgIpc) is 3.29. The number of benzene rings is 1. The van der Waals surface area contributed by atoms with E-state index < -0.39 is 24.6 Å². The zero-order valence-electron chi connectivity index (χ0n) is 17.3. The van der Waals surface area contributed by atoms with Crippen LogP contribution < -0.4 is 10.5 Å². The number of para-hydroxylation sites is 1. The smallest absolute Gasteiger partial charge is 0.261 e. The van der Waals surface area contributed by atoms with Crippen LogP contribution in [0.5, 0.6) is 0 Å². The Bertz CT molecular complexity index is 1280. The maximum atomic E-state index is 13.4. The number of aromatic nitrogens is 3. The molecular weight excluding hydrogens is 416 g/mol. The molecule has 0 amide bonds. The number of fused-ring (bicyclic) bond motifs is 2. The number of halogens is 2. The van der Waals surface area contributed by atoms with Gasteiger partial charge in [-0.2, -0.15) is 5.26 Å². The molecule has 0 aliphatic carbocycles. The van der Waals surface area contributed by atoms with Gasteiger partial charge in [-0.1, -0.05) is 12.1 Å². The number of pyridine rings is 1. The second-order valence-electron chi connectivity index (χ2n) is 8.03. The molecular formula is C23H21F2N5O2. The zero-order chi connectivity index (χ0) is 22.2. The van der Waals surface area contributed by atoms with Crippen molar-refractivity contribution in [2.75, 3.05) is 18.1 Å². The van der Waals surface area contributed by atoms with Crippen LogP contribution in [0, 0.1) is 11.3 Å². The van der Waals surface area contributed by atoms with E-state index in [0.717, 1.165) is 22.2 Å². The molecule has 4 heterocycles. The van der Waals surface area contributed by atoms with E-state index in [1.807, 2.05) is 4.90 Å². The number of ether oxygens (including phenoxy) is 1. The molecule has 5 rings (SSSR count). The van der Waals surface area contributed by atoms with E-state index in [1.54, 1.807) is 30.3 Å². The summed E-state index contributed by atoms with van der Waals surface area (Å²) in [5.74, 6) is 0.805. The molecule has 0 saturated carbocycles. The Hall–Kier alpha value is -3.38. The first-order valence-electron chi connectivity index (χ1n) is 10.6. The Kier molecular flexibility index (Phi) is 5.31. The van der Waals surface area contributed by atoms with Crippen molar-refractivity contribution in [2.45, 2.75) is 44.9 Å². The first-order chi connectivity index (χ1) is 15.6. The van der Waals surface area contributed by atoms with E-state index in [1.165, 1.54) is 0 Å². The molecule has 164 valence electrons. The predicted molar refractivity (Wildman–Crippen MR) is 114 cm³/mol. The predicted octanol–water partition coefficient (Wildman–Crippen LogP) is 3.34. The van der Waals surface area contributed by atoms with Crippen LogP contribution in [-0.2, 0) is 24.3 Å². The Morgan fingerprint density at radius 3 is 2.94 bits per heavy atom. The van der Waals surface area contributed by atoms with Crippen LogP contribution in [0.4, 0.5) is 14.6 Å². The van der Waals surface area contributed by atoms with Gasteiger partial charge in [0.25, 0.3) is 12.0 Å². The van der Waals surface area contributed by atoms with Gasteiger partial charge in [-0.25, -0.2) is 18.7 Å². The van der Waals surface area contributed by atoms with Gasteiger partial charge in [0.05, 0.1) is 48.0 Å². The van der Waals surface area contributed by atoms with Gasteiger partial charge in [-0.3, -0.25) is 9.36 Å². The molecule has 0 bridgehead atoms. The lowest BCUT2D eigenvalue weighted by Gasteiger charge is -2.29. The summed E-state index contributed by atoms with van der Waals surface area (Å²) in [7, 11) is 0. The number of nitrogens with zero attached hydrogens (tertiary/aromatic N) is 5. The SMILES string of the molecule is N#Cc1cc2c(nc1N1CCCC1c1nc3ccccc3c(=O)n1CC(F)F)CCOC2. The lowest BCUT2D eigenvalue weighted by atomic mass is 10.1. The van der Waals surface area contributed by atoms with Crippen molar-refractivity contribution in [3.63, 3.8) is 0 Å². The van der Waals surface area contributed by atoms with Gasteiger partial charge in [0.1, 0.15) is 17.7 Å². The molecule has 0 N–H and O–H groups in total. The molecule has 0 spiro atoms. The first kappa shape index (κ1) is 20.5. The summed E-state index contributed by atoms with van der Waals surface area (Å²) in [6.45, 7) is 0.852. The Morgan fingerprint density at radius 1 is 1.28 bits per heavy atom. The molecule has 0 radical (unpaired) electrons. The molecule has 1 fully saturated rings. The first-order valence-corrected chi connectivity index (χ1v) is 10.6. The minimum Gasteiger partial charge on any atom is -0.376 e. The Balaban J connectivity index is 1.66. The van der Waals surface area contributed by atoms with Crippen LogP contribution in [-0.4, -0.2) is 34.1 Å². The summed E-state index contributed by atoms with van der Waals surface area (Å²) < 4.78 is 33.4. The van der Waals surface area contributed by atoms with E-state index in [4.69, 9.17) is 9.72 Å². The van der Waals surface area contributed by atoms with E-state index in [2.05, 4.69) is 11.1 Å². The van der Waals surface area contributed by atoms with Crippen molar-refractivity contribution >= 4 is 16.7 Å². The van der Waals surface area contributed by atoms with Crippen molar-refractivity contribution in [3.05, 3.63) is 63.3 Å². The fourth-order valence-corrected chi connectivity index (χ4v) is 4.62. The van der Waals surface area contributed by atoms with Crippen LogP contribution >= 0.6 is 0 Å². The fraction of sp³-hybridized carbons (Fsp3) is 0.391. The van der Waals surface area contributed by atoms with Gasteiger partial charge in [-0.15, -0.1) is 0 Å². The molecule has 2 aliphatic rings. The summed E-state index contributed by atoms with van der Waals surface area (Å²) >= 11 is 0. The van der Waals surface area contributed by atoms with Crippen molar-refractivity contribution in [3.8, 4) is 6.07 Å². The van der Waals surface area contributed by atoms with Gasteiger partial charge in [0.15, 0.2) is 0 Å². The Labute approximate surface area is 182 Å². The summed E-state index contributed by atoms with van der Waals surface area (Å²) in [4.78, 5) is 24.5. The van der Waals surface area contributed by atoms with Crippen LogP contribution in [0.1, 0.15) is 41.5 Å². The van der Waals surface area contributed by atoms with Crippen molar-refractivity contribution in [1.29, 1.82) is 5.26 Å². The third-order valence-corrected chi connectivity index (χ3v) is 6.07. The lowest BCUT2D eigenvalue weighted by Crippen LogP contribution is -2.34. The van der Waals surface area contributed by atoms with Crippen LogP contribution in [0.2, 0.25) is 0 Å². The van der Waals surface area contributed by atoms with E-state index >= 15 is 0 Å². The van der Waals surface area contributed by atoms with E-state index in [-0.39, 0.29) is 0 Å². The highest BCUT2D eigenvalue weighted by molar-refractivity contribution is 5.77. The average molecular weight is 437 g/mol. The number of rotatable bonds is 4. The van der Waals surface area contributed by atoms with Gasteiger partial charge in [0.2, 0.25) is 0 Å². The second kappa shape index (κ2) is 8.28. The zero-order valence-corrected chi connectivity index (χ0v) is 17.3. The summed E-state index contributed by atoms with van der Waals surface area (Å²) in [5.41, 5.74) is 2.18. The maximum Gasteiger partial charge on any atom is 0.261 e. The molecule has 1 unspecified atom stereocenters. The largest absolute Gasteiger partial charge is 0.376 e. The number of alkyl halides is 2. The minimum atomic E-state index is -2.69. The standard InChI is InChI=1S/C23H21F2N5O2/c24-20(25)12-30-22(28-18-5-2-1-4-16(18)23(30)31)19-6-3-8-29(19)21-14(11-26)10-15-13-32-9-7-17(15)27-21/h1-2,4-5,10,19-20H,3,6-9,12-13H2. The quantitative estimate of drug-likeness (QED) is 0.623. The third kappa shape index (κ3) is 3.50. The molecule has 2 aromatic heterocycles. The molecule has 1 atom stereocenters. The maximum absolute atomic E-state index is 13.4. The van der Waals surface area contributed by atoms with Crippen LogP contribution in [0.25, 0.3) is 10.9 Å².